The fraction of sp³-hybridized carbons (Fsp3) is 0.500. The number of benzene rings is 1. The van der Waals surface area contributed by atoms with Crippen molar-refractivity contribution in [2.75, 3.05) is 0 Å². The molecule has 2 nitrogen and oxygen atoms in total. The molecule has 1 aliphatic rings. The summed E-state index contributed by atoms with van der Waals surface area (Å²) in [5.74, 6) is -2.85. The standard InChI is InChI=1S/C14H16BrF2NOS/c1-13(2,3)20(19)18-12-6-7-14(16,17)11-5-4-9(15)8-10(11)12/h4-5,8H,6-7H2,1-3H3/t20-/m1/s1. The van der Waals surface area contributed by atoms with Crippen LogP contribution >= 0.6 is 15.9 Å². The summed E-state index contributed by atoms with van der Waals surface area (Å²) in [5, 5.41) is 0. The fourth-order valence-corrected chi connectivity index (χ4v) is 2.98. The highest BCUT2D eigenvalue weighted by Gasteiger charge is 2.39. The van der Waals surface area contributed by atoms with E-state index in [0.29, 0.717) is 15.7 Å². The Hall–Kier alpha value is -0.620. The maximum Gasteiger partial charge on any atom is 0.274 e. The molecule has 1 aromatic rings. The van der Waals surface area contributed by atoms with E-state index in [0.717, 1.165) is 0 Å². The van der Waals surface area contributed by atoms with Crippen LogP contribution < -0.4 is 0 Å². The molecule has 0 saturated carbocycles. The summed E-state index contributed by atoms with van der Waals surface area (Å²) < 4.78 is 44.4. The Morgan fingerprint density at radius 3 is 2.60 bits per heavy atom. The van der Waals surface area contributed by atoms with Crippen LogP contribution in [-0.4, -0.2) is 14.7 Å². The van der Waals surface area contributed by atoms with Gasteiger partial charge in [0.15, 0.2) is 0 Å². The first-order valence-electron chi connectivity index (χ1n) is 6.29. The quantitative estimate of drug-likeness (QED) is 0.717. The van der Waals surface area contributed by atoms with E-state index >= 15 is 0 Å². The summed E-state index contributed by atoms with van der Waals surface area (Å²) in [6, 6.07) is 4.63. The fourth-order valence-electron chi connectivity index (χ4n) is 1.95. The smallest absolute Gasteiger partial charge is 0.234 e. The molecule has 0 bridgehead atoms. The summed E-state index contributed by atoms with van der Waals surface area (Å²) in [6.07, 6.45) is -0.153. The van der Waals surface area contributed by atoms with Gasteiger partial charge < -0.3 is 0 Å². The van der Waals surface area contributed by atoms with E-state index in [2.05, 4.69) is 20.3 Å². The Balaban J connectivity index is 2.52. The molecule has 0 fully saturated rings. The zero-order chi connectivity index (χ0) is 15.1. The van der Waals surface area contributed by atoms with E-state index in [1.165, 1.54) is 6.07 Å². The molecule has 0 saturated heterocycles. The Morgan fingerprint density at radius 2 is 2.00 bits per heavy atom. The van der Waals surface area contributed by atoms with Gasteiger partial charge in [-0.05, 0) is 39.3 Å². The summed E-state index contributed by atoms with van der Waals surface area (Å²) in [6.45, 7) is 5.44. The molecule has 0 spiro atoms. The predicted octanol–water partition coefficient (Wildman–Crippen LogP) is 4.59. The van der Waals surface area contributed by atoms with Gasteiger partial charge in [-0.25, -0.2) is 13.0 Å². The Labute approximate surface area is 128 Å². The van der Waals surface area contributed by atoms with Crippen LogP contribution in [-0.2, 0) is 16.9 Å². The van der Waals surface area contributed by atoms with Crippen molar-refractivity contribution in [3.05, 3.63) is 33.8 Å². The van der Waals surface area contributed by atoms with E-state index in [1.807, 2.05) is 20.8 Å². The SMILES string of the molecule is CC(C)(C)[S@@](=O)N=C1CCC(F)(F)c2ccc(Br)cc21. The van der Waals surface area contributed by atoms with Gasteiger partial charge in [-0.2, -0.15) is 4.40 Å². The summed E-state index contributed by atoms with van der Waals surface area (Å²) in [5.41, 5.74) is 0.866. The van der Waals surface area contributed by atoms with Gasteiger partial charge in [0.05, 0.1) is 10.5 Å². The van der Waals surface area contributed by atoms with E-state index in [-0.39, 0.29) is 18.4 Å². The molecule has 0 amide bonds. The average molecular weight is 364 g/mol. The van der Waals surface area contributed by atoms with Crippen LogP contribution in [0.5, 0.6) is 0 Å². The first-order valence-corrected chi connectivity index (χ1v) is 8.19. The van der Waals surface area contributed by atoms with Gasteiger partial charge in [0.2, 0.25) is 0 Å². The Morgan fingerprint density at radius 1 is 1.35 bits per heavy atom. The van der Waals surface area contributed by atoms with Gasteiger partial charge in [0.25, 0.3) is 5.92 Å². The average Bonchev–Trinajstić information content (AvgIpc) is 2.31. The highest BCUT2D eigenvalue weighted by Crippen LogP contribution is 2.41. The first-order chi connectivity index (χ1) is 9.11. The van der Waals surface area contributed by atoms with Crippen LogP contribution in [0.25, 0.3) is 0 Å². The Kier molecular flexibility index (Phi) is 4.17. The van der Waals surface area contributed by atoms with Crippen LogP contribution in [0.15, 0.2) is 27.1 Å². The van der Waals surface area contributed by atoms with Crippen molar-refractivity contribution < 1.29 is 13.0 Å². The van der Waals surface area contributed by atoms with Crippen molar-refractivity contribution >= 4 is 32.6 Å². The van der Waals surface area contributed by atoms with Crippen molar-refractivity contribution in [2.24, 2.45) is 4.40 Å². The highest BCUT2D eigenvalue weighted by atomic mass is 79.9. The van der Waals surface area contributed by atoms with Crippen molar-refractivity contribution in [2.45, 2.75) is 44.3 Å². The van der Waals surface area contributed by atoms with Crippen LogP contribution in [0.1, 0.15) is 44.7 Å². The van der Waals surface area contributed by atoms with Crippen LogP contribution in [0.2, 0.25) is 0 Å². The molecule has 110 valence electrons. The summed E-state index contributed by atoms with van der Waals surface area (Å²) in [4.78, 5) is 0. The molecule has 1 aliphatic carbocycles. The highest BCUT2D eigenvalue weighted by molar-refractivity contribution is 9.10. The number of fused-ring (bicyclic) bond motifs is 1. The lowest BCUT2D eigenvalue weighted by Gasteiger charge is -2.27. The monoisotopic (exact) mass is 363 g/mol. The molecule has 0 aromatic heterocycles. The number of hydrogen-bond acceptors (Lipinski definition) is 1. The molecule has 0 aliphatic heterocycles. The summed E-state index contributed by atoms with van der Waals surface area (Å²) >= 11 is 3.29. The van der Waals surface area contributed by atoms with E-state index in [4.69, 9.17) is 0 Å². The molecule has 1 atom stereocenters. The number of rotatable bonds is 1. The van der Waals surface area contributed by atoms with Gasteiger partial charge in [-0.15, -0.1) is 0 Å². The van der Waals surface area contributed by atoms with E-state index in [9.17, 15) is 13.0 Å². The van der Waals surface area contributed by atoms with Gasteiger partial charge in [-0.3, -0.25) is 0 Å². The van der Waals surface area contributed by atoms with Gasteiger partial charge >= 0.3 is 0 Å². The molecule has 1 aromatic carbocycles. The molecule has 0 unspecified atom stereocenters. The topological polar surface area (TPSA) is 29.4 Å². The minimum absolute atomic E-state index is 0.0309. The molecule has 20 heavy (non-hydrogen) atoms. The van der Waals surface area contributed by atoms with Gasteiger partial charge in [0, 0.05) is 22.0 Å². The van der Waals surface area contributed by atoms with E-state index < -0.39 is 21.7 Å². The second-order valence-electron chi connectivity index (χ2n) is 5.79. The van der Waals surface area contributed by atoms with Crippen molar-refractivity contribution in [3.8, 4) is 0 Å². The van der Waals surface area contributed by atoms with Gasteiger partial charge in [0.1, 0.15) is 11.0 Å². The second kappa shape index (κ2) is 5.30. The van der Waals surface area contributed by atoms with Gasteiger partial charge in [-0.1, -0.05) is 22.0 Å². The number of hydrogen-bond donors (Lipinski definition) is 0. The maximum absolute atomic E-state index is 13.9. The number of nitrogens with zero attached hydrogens (tertiary/aromatic N) is 1. The largest absolute Gasteiger partial charge is 0.274 e. The zero-order valence-electron chi connectivity index (χ0n) is 11.5. The van der Waals surface area contributed by atoms with E-state index in [1.54, 1.807) is 12.1 Å². The summed E-state index contributed by atoms with van der Waals surface area (Å²) in [7, 11) is -1.45. The normalized spacial score (nSPS) is 21.6. The molecular weight excluding hydrogens is 348 g/mol. The van der Waals surface area contributed by atoms with Crippen LogP contribution in [0.3, 0.4) is 0 Å². The lowest BCUT2D eigenvalue weighted by Crippen LogP contribution is -2.27. The molecule has 0 heterocycles. The second-order valence-corrected chi connectivity index (χ2v) is 8.62. The lowest BCUT2D eigenvalue weighted by atomic mass is 9.87. The van der Waals surface area contributed by atoms with Crippen LogP contribution in [0.4, 0.5) is 8.78 Å². The minimum atomic E-state index is -2.85. The molecular formula is C14H16BrF2NOS. The minimum Gasteiger partial charge on any atom is -0.234 e. The number of halogens is 3. The Bertz CT molecular complexity index is 593. The number of alkyl halides is 2. The van der Waals surface area contributed by atoms with Crippen molar-refractivity contribution in [1.29, 1.82) is 0 Å². The first kappa shape index (κ1) is 15.8. The third kappa shape index (κ3) is 3.17. The molecule has 0 radical (unpaired) electrons. The molecule has 2 rings (SSSR count). The van der Waals surface area contributed by atoms with Crippen LogP contribution in [0, 0.1) is 0 Å². The third-order valence-corrected chi connectivity index (χ3v) is 5.01. The van der Waals surface area contributed by atoms with Crippen molar-refractivity contribution in [1.82, 2.24) is 0 Å². The lowest BCUT2D eigenvalue weighted by molar-refractivity contribution is -0.0139. The molecule has 6 heteroatoms. The molecule has 0 N–H and O–H groups in total. The van der Waals surface area contributed by atoms with Crippen molar-refractivity contribution in [3.63, 3.8) is 0 Å². The maximum atomic E-state index is 13.9. The third-order valence-electron chi connectivity index (χ3n) is 3.08. The zero-order valence-corrected chi connectivity index (χ0v) is 13.9. The predicted molar refractivity (Wildman–Crippen MR) is 81.7 cm³/mol.